The van der Waals surface area contributed by atoms with Gasteiger partial charge in [0.05, 0.1) is 28.9 Å². The number of nitrogens with one attached hydrogen (secondary N) is 1. The topological polar surface area (TPSA) is 53.9 Å². The van der Waals surface area contributed by atoms with E-state index in [1.54, 1.807) is 30.3 Å². The number of carbonyl (C=O) groups excluding carboxylic acids is 1. The Morgan fingerprint density at radius 3 is 2.59 bits per heavy atom. The molecule has 2 aliphatic rings. The van der Waals surface area contributed by atoms with Crippen molar-refractivity contribution in [2.75, 3.05) is 12.4 Å². The number of fused-ring (bicyclic) bond motifs is 3. The predicted molar refractivity (Wildman–Crippen MR) is 128 cm³/mol. The van der Waals surface area contributed by atoms with E-state index in [1.165, 1.54) is 5.56 Å². The van der Waals surface area contributed by atoms with Crippen molar-refractivity contribution in [2.45, 2.75) is 18.9 Å². The summed E-state index contributed by atoms with van der Waals surface area (Å²) in [4.78, 5) is 13.4. The van der Waals surface area contributed by atoms with Gasteiger partial charge >= 0.3 is 6.03 Å². The number of benzene rings is 3. The van der Waals surface area contributed by atoms with Crippen molar-refractivity contribution < 1.29 is 9.53 Å². The number of methoxy groups -OCH3 is 1. The van der Waals surface area contributed by atoms with Gasteiger partial charge in [-0.3, -0.25) is 0 Å². The summed E-state index contributed by atoms with van der Waals surface area (Å²) in [6, 6.07) is 20.6. The quantitative estimate of drug-likeness (QED) is 0.476. The number of aryl methyl sites for hydroxylation is 1. The van der Waals surface area contributed by atoms with Gasteiger partial charge in [0, 0.05) is 17.2 Å². The molecule has 0 bridgehead atoms. The molecular weight excluding hydrogens is 445 g/mol. The van der Waals surface area contributed by atoms with Gasteiger partial charge in [0.1, 0.15) is 5.75 Å². The SMILES string of the molecule is COc1ccc([C@H]2[C@H]3CCc4ccccc4C3=NN2C(=O)Nc2ccc(Cl)c(Cl)c2)cc1. The zero-order chi connectivity index (χ0) is 22.2. The fourth-order valence-electron chi connectivity index (χ4n) is 4.52. The van der Waals surface area contributed by atoms with Crippen molar-refractivity contribution in [1.29, 1.82) is 0 Å². The Morgan fingerprint density at radius 1 is 1.06 bits per heavy atom. The first-order valence-electron chi connectivity index (χ1n) is 10.4. The minimum absolute atomic E-state index is 0.109. The molecular formula is C25H21Cl2N3O2. The normalized spacial score (nSPS) is 19.1. The van der Waals surface area contributed by atoms with Crippen LogP contribution in [0.15, 0.2) is 71.8 Å². The van der Waals surface area contributed by atoms with E-state index in [4.69, 9.17) is 33.0 Å². The van der Waals surface area contributed by atoms with Crippen LogP contribution in [0.4, 0.5) is 10.5 Å². The first-order valence-corrected chi connectivity index (χ1v) is 11.2. The third-order valence-corrected chi connectivity index (χ3v) is 6.80. The maximum absolute atomic E-state index is 13.4. The lowest BCUT2D eigenvalue weighted by Gasteiger charge is -2.29. The van der Waals surface area contributed by atoms with Gasteiger partial charge in [-0.25, -0.2) is 9.80 Å². The maximum Gasteiger partial charge on any atom is 0.342 e. The molecule has 32 heavy (non-hydrogen) atoms. The largest absolute Gasteiger partial charge is 0.497 e. The number of ether oxygens (including phenoxy) is 1. The number of hydrogen-bond acceptors (Lipinski definition) is 3. The Kier molecular flexibility index (Phi) is 5.53. The number of carbonyl (C=O) groups is 1. The summed E-state index contributed by atoms with van der Waals surface area (Å²) < 4.78 is 5.31. The second-order valence-electron chi connectivity index (χ2n) is 7.91. The van der Waals surface area contributed by atoms with Crippen LogP contribution in [0.5, 0.6) is 5.75 Å². The summed E-state index contributed by atoms with van der Waals surface area (Å²) in [5, 5.41) is 10.1. The van der Waals surface area contributed by atoms with Crippen molar-refractivity contribution in [3.05, 3.63) is 93.5 Å². The van der Waals surface area contributed by atoms with Gasteiger partial charge in [0.25, 0.3) is 0 Å². The summed E-state index contributed by atoms with van der Waals surface area (Å²) >= 11 is 12.1. The molecule has 0 saturated carbocycles. The Morgan fingerprint density at radius 2 is 1.84 bits per heavy atom. The molecule has 2 atom stereocenters. The molecule has 1 N–H and O–H groups in total. The Hall–Kier alpha value is -3.02. The molecule has 7 heteroatoms. The minimum Gasteiger partial charge on any atom is -0.497 e. The highest BCUT2D eigenvalue weighted by atomic mass is 35.5. The Labute approximate surface area is 196 Å². The predicted octanol–water partition coefficient (Wildman–Crippen LogP) is 6.56. The molecule has 0 spiro atoms. The summed E-state index contributed by atoms with van der Waals surface area (Å²) in [5.74, 6) is 0.881. The first-order chi connectivity index (χ1) is 15.5. The van der Waals surface area contributed by atoms with Gasteiger partial charge in [-0.15, -0.1) is 0 Å². The van der Waals surface area contributed by atoms with E-state index in [-0.39, 0.29) is 18.0 Å². The van der Waals surface area contributed by atoms with Crippen molar-refractivity contribution in [3.8, 4) is 5.75 Å². The molecule has 0 radical (unpaired) electrons. The summed E-state index contributed by atoms with van der Waals surface area (Å²) in [5.41, 5.74) is 4.92. The van der Waals surface area contributed by atoms with Crippen LogP contribution in [0, 0.1) is 5.92 Å². The number of urea groups is 1. The van der Waals surface area contributed by atoms with Gasteiger partial charge in [-0.2, -0.15) is 5.10 Å². The van der Waals surface area contributed by atoms with Crippen LogP contribution in [-0.2, 0) is 6.42 Å². The molecule has 5 nitrogen and oxygen atoms in total. The molecule has 3 aromatic carbocycles. The molecule has 3 aromatic rings. The van der Waals surface area contributed by atoms with E-state index < -0.39 is 0 Å². The highest BCUT2D eigenvalue weighted by Crippen LogP contribution is 2.44. The smallest absolute Gasteiger partial charge is 0.342 e. The minimum atomic E-state index is -0.316. The van der Waals surface area contributed by atoms with Gasteiger partial charge in [-0.1, -0.05) is 59.6 Å². The number of hydrazone groups is 1. The lowest BCUT2D eigenvalue weighted by atomic mass is 9.77. The molecule has 5 rings (SSSR count). The lowest BCUT2D eigenvalue weighted by Crippen LogP contribution is -2.34. The maximum atomic E-state index is 13.4. The van der Waals surface area contributed by atoms with Crippen LogP contribution in [0.1, 0.15) is 29.2 Å². The van der Waals surface area contributed by atoms with Crippen molar-refractivity contribution in [2.24, 2.45) is 11.0 Å². The van der Waals surface area contributed by atoms with Gasteiger partial charge in [0.2, 0.25) is 0 Å². The van der Waals surface area contributed by atoms with Crippen molar-refractivity contribution in [1.82, 2.24) is 5.01 Å². The molecule has 0 saturated heterocycles. The third kappa shape index (κ3) is 3.72. The van der Waals surface area contributed by atoms with Gasteiger partial charge in [0.15, 0.2) is 0 Å². The van der Waals surface area contributed by atoms with E-state index in [0.717, 1.165) is 35.4 Å². The average molecular weight is 466 g/mol. The summed E-state index contributed by atoms with van der Waals surface area (Å²) in [7, 11) is 1.64. The number of rotatable bonds is 3. The Balaban J connectivity index is 1.53. The molecule has 0 aromatic heterocycles. The van der Waals surface area contributed by atoms with Crippen LogP contribution in [0.3, 0.4) is 0 Å². The van der Waals surface area contributed by atoms with E-state index in [2.05, 4.69) is 17.4 Å². The molecule has 162 valence electrons. The highest BCUT2D eigenvalue weighted by Gasteiger charge is 2.43. The van der Waals surface area contributed by atoms with Gasteiger partial charge in [-0.05, 0) is 54.3 Å². The third-order valence-electron chi connectivity index (χ3n) is 6.07. The fraction of sp³-hybridized carbons (Fsp3) is 0.200. The van der Waals surface area contributed by atoms with Crippen LogP contribution in [-0.4, -0.2) is 23.9 Å². The Bertz CT molecular complexity index is 1210. The van der Waals surface area contributed by atoms with Crippen LogP contribution >= 0.6 is 23.2 Å². The van der Waals surface area contributed by atoms with Crippen LogP contribution < -0.4 is 10.1 Å². The number of anilines is 1. The number of halogens is 2. The summed E-state index contributed by atoms with van der Waals surface area (Å²) in [6.45, 7) is 0. The lowest BCUT2D eigenvalue weighted by molar-refractivity contribution is 0.188. The average Bonchev–Trinajstić information content (AvgIpc) is 3.22. The first kappa shape index (κ1) is 20.9. The van der Waals surface area contributed by atoms with Crippen LogP contribution in [0.25, 0.3) is 0 Å². The van der Waals surface area contributed by atoms with Crippen molar-refractivity contribution in [3.63, 3.8) is 0 Å². The van der Waals surface area contributed by atoms with Crippen molar-refractivity contribution >= 4 is 40.6 Å². The molecule has 0 fully saturated rings. The molecule has 0 unspecified atom stereocenters. The summed E-state index contributed by atoms with van der Waals surface area (Å²) in [6.07, 6.45) is 1.87. The zero-order valence-electron chi connectivity index (χ0n) is 17.4. The standard InChI is InChI=1S/C25H21Cl2N3O2/c1-32-18-10-6-16(7-11-18)24-20-12-8-15-4-2-3-5-19(15)23(20)29-30(24)25(31)28-17-9-13-21(26)22(27)14-17/h2-7,9-11,13-14,20,24H,8,12H2,1H3,(H,28,31)/t20-,24-/m0/s1. The molecule has 1 aliphatic heterocycles. The van der Waals surface area contributed by atoms with E-state index >= 15 is 0 Å². The van der Waals surface area contributed by atoms with E-state index in [0.29, 0.717) is 15.7 Å². The monoisotopic (exact) mass is 465 g/mol. The second-order valence-corrected chi connectivity index (χ2v) is 8.72. The number of amides is 2. The molecule has 1 aliphatic carbocycles. The molecule has 2 amide bonds. The fourth-order valence-corrected chi connectivity index (χ4v) is 4.82. The number of hydrogen-bond donors (Lipinski definition) is 1. The number of nitrogens with zero attached hydrogens (tertiary/aromatic N) is 2. The van der Waals surface area contributed by atoms with E-state index in [9.17, 15) is 4.79 Å². The van der Waals surface area contributed by atoms with Crippen LogP contribution in [0.2, 0.25) is 10.0 Å². The second kappa shape index (κ2) is 8.49. The van der Waals surface area contributed by atoms with E-state index in [1.807, 2.05) is 36.4 Å². The highest BCUT2D eigenvalue weighted by molar-refractivity contribution is 6.42. The van der Waals surface area contributed by atoms with Gasteiger partial charge < -0.3 is 10.1 Å². The molecule has 1 heterocycles. The zero-order valence-corrected chi connectivity index (χ0v) is 18.9.